The molecule has 1 aliphatic rings. The molecular weight excluding hydrogens is 449 g/mol. The van der Waals surface area contributed by atoms with Crippen LogP contribution < -0.4 is 4.90 Å². The van der Waals surface area contributed by atoms with Crippen molar-refractivity contribution in [2.24, 2.45) is 0 Å². The van der Waals surface area contributed by atoms with Gasteiger partial charge < -0.3 is 4.90 Å². The Morgan fingerprint density at radius 3 is 2.39 bits per heavy atom. The number of benzene rings is 4. The molecule has 1 heterocycles. The summed E-state index contributed by atoms with van der Waals surface area (Å²) in [6.07, 6.45) is 0.368. The van der Waals surface area contributed by atoms with E-state index >= 15 is 0 Å². The molecule has 0 aliphatic carbocycles. The monoisotopic (exact) mass is 465 g/mol. The molecule has 5 heteroatoms. The van der Waals surface area contributed by atoms with Crippen LogP contribution in [0.1, 0.15) is 29.0 Å². The molecule has 0 saturated carbocycles. The van der Waals surface area contributed by atoms with Crippen LogP contribution in [0.25, 0.3) is 10.8 Å². The average Bonchev–Trinajstić information content (AvgIpc) is 2.78. The van der Waals surface area contributed by atoms with E-state index in [9.17, 15) is 4.79 Å². The van der Waals surface area contributed by atoms with Gasteiger partial charge in [0.2, 0.25) is 5.91 Å². The van der Waals surface area contributed by atoms with Gasteiger partial charge in [-0.2, -0.15) is 0 Å². The van der Waals surface area contributed by atoms with Gasteiger partial charge in [0.25, 0.3) is 0 Å². The molecule has 0 N–H and O–H groups in total. The SMILES string of the molecule is O=C1CC(c2ccc(Cl)c(Cl)c2)c2c(ccc3ccccc23)N1Cc1ccc(Cl)cc1. The fourth-order valence-corrected chi connectivity index (χ4v) is 4.80. The molecule has 0 aromatic heterocycles. The molecule has 1 amide bonds. The highest BCUT2D eigenvalue weighted by Gasteiger charge is 2.33. The molecule has 31 heavy (non-hydrogen) atoms. The van der Waals surface area contributed by atoms with Gasteiger partial charge in [-0.3, -0.25) is 4.79 Å². The van der Waals surface area contributed by atoms with Gasteiger partial charge in [-0.05, 0) is 57.8 Å². The molecule has 1 unspecified atom stereocenters. The molecule has 5 rings (SSSR count). The van der Waals surface area contributed by atoms with E-state index in [0.29, 0.717) is 28.0 Å². The number of anilines is 1. The number of rotatable bonds is 3. The molecule has 154 valence electrons. The second kappa shape index (κ2) is 8.20. The van der Waals surface area contributed by atoms with Gasteiger partial charge in [-0.15, -0.1) is 0 Å². The molecule has 0 bridgehead atoms. The molecule has 0 radical (unpaired) electrons. The number of fused-ring (bicyclic) bond motifs is 3. The number of carbonyl (C=O) groups is 1. The Bertz CT molecular complexity index is 1300. The molecule has 0 fully saturated rings. The van der Waals surface area contributed by atoms with E-state index in [1.807, 2.05) is 53.4 Å². The standard InChI is InChI=1S/C26H18Cl3NO/c27-19-9-5-16(6-10-19)15-30-24-12-8-17-3-1-2-4-20(17)26(24)21(14-25(30)31)18-7-11-22(28)23(29)13-18/h1-13,21H,14-15H2. The molecule has 0 spiro atoms. The summed E-state index contributed by atoms with van der Waals surface area (Å²) in [5.74, 6) is -0.0151. The highest BCUT2D eigenvalue weighted by molar-refractivity contribution is 6.42. The van der Waals surface area contributed by atoms with Gasteiger partial charge in [0, 0.05) is 23.0 Å². The van der Waals surface area contributed by atoms with Crippen LogP contribution in [-0.4, -0.2) is 5.91 Å². The highest BCUT2D eigenvalue weighted by atomic mass is 35.5. The van der Waals surface area contributed by atoms with Gasteiger partial charge in [0.1, 0.15) is 0 Å². The number of hydrogen-bond donors (Lipinski definition) is 0. The molecule has 1 atom stereocenters. The third-order valence-corrected chi connectivity index (χ3v) is 6.86. The summed E-state index contributed by atoms with van der Waals surface area (Å²) < 4.78 is 0. The Hall–Kier alpha value is -2.52. The number of hydrogen-bond acceptors (Lipinski definition) is 1. The highest BCUT2D eigenvalue weighted by Crippen LogP contribution is 2.45. The van der Waals surface area contributed by atoms with Crippen LogP contribution in [0.2, 0.25) is 15.1 Å². The maximum absolute atomic E-state index is 13.3. The first-order valence-corrected chi connectivity index (χ1v) is 11.2. The van der Waals surface area contributed by atoms with Crippen molar-refractivity contribution in [3.63, 3.8) is 0 Å². The van der Waals surface area contributed by atoms with Gasteiger partial charge in [0.05, 0.1) is 16.6 Å². The van der Waals surface area contributed by atoms with Crippen molar-refractivity contribution in [1.29, 1.82) is 0 Å². The molecule has 4 aromatic rings. The number of carbonyl (C=O) groups excluding carboxylic acids is 1. The third-order valence-electron chi connectivity index (χ3n) is 5.87. The number of halogens is 3. The summed E-state index contributed by atoms with van der Waals surface area (Å²) >= 11 is 18.5. The van der Waals surface area contributed by atoms with Gasteiger partial charge in [0.15, 0.2) is 0 Å². The van der Waals surface area contributed by atoms with E-state index < -0.39 is 0 Å². The van der Waals surface area contributed by atoms with Crippen LogP contribution in [0.3, 0.4) is 0 Å². The number of amides is 1. The predicted octanol–water partition coefficient (Wildman–Crippen LogP) is 7.87. The summed E-state index contributed by atoms with van der Waals surface area (Å²) in [6, 6.07) is 25.7. The Balaban J connectivity index is 1.67. The molecule has 2 nitrogen and oxygen atoms in total. The molecular formula is C26H18Cl3NO. The maximum Gasteiger partial charge on any atom is 0.228 e. The van der Waals surface area contributed by atoms with Crippen LogP contribution in [0, 0.1) is 0 Å². The van der Waals surface area contributed by atoms with E-state index in [0.717, 1.165) is 33.2 Å². The summed E-state index contributed by atoms with van der Waals surface area (Å²) in [4.78, 5) is 15.2. The van der Waals surface area contributed by atoms with Crippen LogP contribution >= 0.6 is 34.8 Å². The first-order valence-electron chi connectivity index (χ1n) is 10.0. The minimum atomic E-state index is -0.0927. The van der Waals surface area contributed by atoms with Crippen molar-refractivity contribution in [3.05, 3.63) is 111 Å². The van der Waals surface area contributed by atoms with E-state index in [-0.39, 0.29) is 11.8 Å². The Morgan fingerprint density at radius 1 is 0.839 bits per heavy atom. The maximum atomic E-state index is 13.3. The normalized spacial score (nSPS) is 15.9. The minimum absolute atomic E-state index is 0.0776. The van der Waals surface area contributed by atoms with Gasteiger partial charge in [-0.25, -0.2) is 0 Å². The Morgan fingerprint density at radius 2 is 1.61 bits per heavy atom. The van der Waals surface area contributed by atoms with E-state index in [4.69, 9.17) is 34.8 Å². The van der Waals surface area contributed by atoms with Gasteiger partial charge in [-0.1, -0.05) is 83.3 Å². The van der Waals surface area contributed by atoms with E-state index in [1.165, 1.54) is 0 Å². The summed E-state index contributed by atoms with van der Waals surface area (Å²) in [5, 5.41) is 3.98. The second-order valence-corrected chi connectivity index (χ2v) is 9.01. The largest absolute Gasteiger partial charge is 0.308 e. The lowest BCUT2D eigenvalue weighted by Gasteiger charge is -2.35. The Labute approximate surface area is 196 Å². The second-order valence-electron chi connectivity index (χ2n) is 7.76. The van der Waals surface area contributed by atoms with E-state index in [2.05, 4.69) is 24.3 Å². The zero-order valence-electron chi connectivity index (χ0n) is 16.5. The minimum Gasteiger partial charge on any atom is -0.308 e. The van der Waals surface area contributed by atoms with Crippen molar-refractivity contribution >= 4 is 57.2 Å². The van der Waals surface area contributed by atoms with Crippen LogP contribution in [0.4, 0.5) is 5.69 Å². The quantitative estimate of drug-likeness (QED) is 0.301. The lowest BCUT2D eigenvalue weighted by molar-refractivity contribution is -0.119. The smallest absolute Gasteiger partial charge is 0.228 e. The lowest BCUT2D eigenvalue weighted by Crippen LogP contribution is -2.36. The molecule has 0 saturated heterocycles. The van der Waals surface area contributed by atoms with Crippen LogP contribution in [0.15, 0.2) is 78.9 Å². The predicted molar refractivity (Wildman–Crippen MR) is 130 cm³/mol. The molecule has 4 aromatic carbocycles. The molecule has 1 aliphatic heterocycles. The first kappa shape index (κ1) is 20.4. The average molecular weight is 467 g/mol. The summed E-state index contributed by atoms with van der Waals surface area (Å²) in [7, 11) is 0. The summed E-state index contributed by atoms with van der Waals surface area (Å²) in [6.45, 7) is 0.495. The lowest BCUT2D eigenvalue weighted by atomic mass is 9.81. The van der Waals surface area contributed by atoms with Gasteiger partial charge >= 0.3 is 0 Å². The third kappa shape index (κ3) is 3.80. The fourth-order valence-electron chi connectivity index (χ4n) is 4.37. The van der Waals surface area contributed by atoms with Crippen LogP contribution in [-0.2, 0) is 11.3 Å². The zero-order chi connectivity index (χ0) is 21.5. The van der Waals surface area contributed by atoms with Crippen molar-refractivity contribution in [2.45, 2.75) is 18.9 Å². The van der Waals surface area contributed by atoms with Crippen molar-refractivity contribution < 1.29 is 4.79 Å². The topological polar surface area (TPSA) is 20.3 Å². The summed E-state index contributed by atoms with van der Waals surface area (Å²) in [5.41, 5.74) is 4.10. The zero-order valence-corrected chi connectivity index (χ0v) is 18.8. The van der Waals surface area contributed by atoms with Crippen molar-refractivity contribution in [1.82, 2.24) is 0 Å². The van der Waals surface area contributed by atoms with Crippen molar-refractivity contribution in [3.8, 4) is 0 Å². The van der Waals surface area contributed by atoms with E-state index in [1.54, 1.807) is 6.07 Å². The van der Waals surface area contributed by atoms with Crippen molar-refractivity contribution in [2.75, 3.05) is 4.90 Å². The fraction of sp³-hybridized carbons (Fsp3) is 0.115. The number of nitrogens with zero attached hydrogens (tertiary/aromatic N) is 1. The van der Waals surface area contributed by atoms with Crippen LogP contribution in [0.5, 0.6) is 0 Å². The first-order chi connectivity index (χ1) is 15.0. The Kier molecular flexibility index (Phi) is 5.39.